The van der Waals surface area contributed by atoms with Crippen LogP contribution in [0.4, 0.5) is 0 Å². The Hall–Kier alpha value is -1.44. The van der Waals surface area contributed by atoms with Gasteiger partial charge >= 0.3 is 0 Å². The van der Waals surface area contributed by atoms with E-state index in [0.717, 1.165) is 37.7 Å². The molecule has 0 aromatic rings. The van der Waals surface area contributed by atoms with Gasteiger partial charge < -0.3 is 0 Å². The van der Waals surface area contributed by atoms with Crippen molar-refractivity contribution < 1.29 is 9.59 Å². The summed E-state index contributed by atoms with van der Waals surface area (Å²) in [5.74, 6) is 1.61. The van der Waals surface area contributed by atoms with Gasteiger partial charge in [0.05, 0.1) is 0 Å². The number of carbonyl (C=O) groups excluding carboxylic acids is 2. The van der Waals surface area contributed by atoms with Crippen LogP contribution in [0.2, 0.25) is 0 Å². The number of hydrogen-bond donors (Lipinski definition) is 0. The van der Waals surface area contributed by atoms with Gasteiger partial charge in [-0.15, -0.1) is 0 Å². The van der Waals surface area contributed by atoms with E-state index < -0.39 is 0 Å². The summed E-state index contributed by atoms with van der Waals surface area (Å²) in [5, 5.41) is 0. The van der Waals surface area contributed by atoms with Gasteiger partial charge in [0.15, 0.2) is 5.78 Å². The zero-order valence-corrected chi connectivity index (χ0v) is 13.6. The summed E-state index contributed by atoms with van der Waals surface area (Å²) in [4.78, 5) is 24.2. The maximum atomic E-state index is 12.4. The standard InChI is InChI=1S/C20H24O2/c1-12-10-14-15-4-5-18(22)20(15,3)9-7-16(14)19(2)8-6-13(21)11-17(12)19/h7,11,14-15H,1,4-6,8-10H2,2-3H3/t14-,15-,19+,20-/m0/s1. The molecule has 0 amide bonds. The zero-order valence-electron chi connectivity index (χ0n) is 13.6. The van der Waals surface area contributed by atoms with Crippen molar-refractivity contribution in [3.8, 4) is 0 Å². The van der Waals surface area contributed by atoms with Gasteiger partial charge in [-0.3, -0.25) is 9.59 Å². The quantitative estimate of drug-likeness (QED) is 0.629. The lowest BCUT2D eigenvalue weighted by molar-refractivity contribution is -0.127. The van der Waals surface area contributed by atoms with E-state index in [1.807, 2.05) is 6.08 Å². The molecule has 22 heavy (non-hydrogen) atoms. The van der Waals surface area contributed by atoms with Crippen molar-refractivity contribution in [2.75, 3.05) is 0 Å². The molecule has 2 fully saturated rings. The normalized spacial score (nSPS) is 44.0. The first-order valence-electron chi connectivity index (χ1n) is 8.53. The summed E-state index contributed by atoms with van der Waals surface area (Å²) in [6.45, 7) is 8.75. The molecule has 4 atom stereocenters. The van der Waals surface area contributed by atoms with Crippen LogP contribution in [0.25, 0.3) is 0 Å². The summed E-state index contributed by atoms with van der Waals surface area (Å²) in [6, 6.07) is 0. The predicted octanol–water partition coefficient (Wildman–Crippen LogP) is 4.17. The van der Waals surface area contributed by atoms with Crippen molar-refractivity contribution >= 4 is 11.6 Å². The second kappa shape index (κ2) is 4.31. The van der Waals surface area contributed by atoms with Gasteiger partial charge in [-0.05, 0) is 49.2 Å². The number of rotatable bonds is 0. The molecule has 0 unspecified atom stereocenters. The molecular weight excluding hydrogens is 272 g/mol. The van der Waals surface area contributed by atoms with Crippen LogP contribution in [0.1, 0.15) is 52.4 Å². The molecule has 0 aliphatic heterocycles. The smallest absolute Gasteiger partial charge is 0.156 e. The van der Waals surface area contributed by atoms with Crippen LogP contribution in [0, 0.1) is 22.7 Å². The Morgan fingerprint density at radius 1 is 1.23 bits per heavy atom. The van der Waals surface area contributed by atoms with Gasteiger partial charge in [0.1, 0.15) is 5.78 Å². The minimum absolute atomic E-state index is 0.0269. The van der Waals surface area contributed by atoms with Crippen LogP contribution >= 0.6 is 0 Å². The van der Waals surface area contributed by atoms with Gasteiger partial charge in [0.2, 0.25) is 0 Å². The Morgan fingerprint density at radius 2 is 2.00 bits per heavy atom. The second-order valence-corrected chi connectivity index (χ2v) is 8.12. The summed E-state index contributed by atoms with van der Waals surface area (Å²) in [6.07, 6.45) is 9.30. The zero-order chi connectivity index (χ0) is 15.7. The van der Waals surface area contributed by atoms with E-state index in [4.69, 9.17) is 0 Å². The molecule has 0 N–H and O–H groups in total. The van der Waals surface area contributed by atoms with E-state index in [9.17, 15) is 9.59 Å². The maximum absolute atomic E-state index is 12.4. The van der Waals surface area contributed by atoms with Crippen molar-refractivity contribution in [1.82, 2.24) is 0 Å². The number of hydrogen-bond acceptors (Lipinski definition) is 2. The van der Waals surface area contributed by atoms with Crippen molar-refractivity contribution in [2.24, 2.45) is 22.7 Å². The lowest BCUT2D eigenvalue weighted by atomic mass is 9.51. The van der Waals surface area contributed by atoms with E-state index in [1.54, 1.807) is 0 Å². The monoisotopic (exact) mass is 296 g/mol. The van der Waals surface area contributed by atoms with E-state index in [1.165, 1.54) is 11.1 Å². The lowest BCUT2D eigenvalue weighted by Gasteiger charge is -2.52. The molecule has 4 rings (SSSR count). The third-order valence-electron chi connectivity index (χ3n) is 7.02. The van der Waals surface area contributed by atoms with Crippen molar-refractivity contribution in [3.05, 3.63) is 35.5 Å². The fourth-order valence-electron chi connectivity index (χ4n) is 5.65. The third-order valence-corrected chi connectivity index (χ3v) is 7.02. The summed E-state index contributed by atoms with van der Waals surface area (Å²) in [7, 11) is 0. The molecule has 0 spiro atoms. The third kappa shape index (κ3) is 1.61. The van der Waals surface area contributed by atoms with Gasteiger partial charge in [0.25, 0.3) is 0 Å². The minimum atomic E-state index is -0.156. The fourth-order valence-corrected chi connectivity index (χ4v) is 5.65. The van der Waals surface area contributed by atoms with E-state index in [-0.39, 0.29) is 16.6 Å². The number of ketones is 2. The van der Waals surface area contributed by atoms with Crippen LogP contribution in [-0.2, 0) is 9.59 Å². The molecule has 2 nitrogen and oxygen atoms in total. The van der Waals surface area contributed by atoms with Crippen LogP contribution in [0.15, 0.2) is 35.5 Å². The van der Waals surface area contributed by atoms with Crippen LogP contribution in [0.5, 0.6) is 0 Å². The largest absolute Gasteiger partial charge is 0.299 e. The Kier molecular flexibility index (Phi) is 2.77. The van der Waals surface area contributed by atoms with Crippen molar-refractivity contribution in [1.29, 1.82) is 0 Å². The van der Waals surface area contributed by atoms with Crippen LogP contribution in [0.3, 0.4) is 0 Å². The highest BCUT2D eigenvalue weighted by molar-refractivity contribution is 5.93. The number of allylic oxidation sites excluding steroid dienone is 5. The molecular formula is C20H24O2. The Labute approximate surface area is 132 Å². The number of Topliss-reactive ketones (excluding diaryl/α,β-unsaturated/α-hetero) is 1. The van der Waals surface area contributed by atoms with E-state index in [0.29, 0.717) is 24.0 Å². The molecule has 4 aliphatic rings. The molecule has 0 radical (unpaired) electrons. The number of carbonyl (C=O) groups is 2. The molecule has 0 heterocycles. The molecule has 116 valence electrons. The fraction of sp³-hybridized carbons (Fsp3) is 0.600. The van der Waals surface area contributed by atoms with Gasteiger partial charge in [-0.2, -0.15) is 0 Å². The summed E-state index contributed by atoms with van der Waals surface area (Å²) in [5.41, 5.74) is 3.61. The molecule has 2 saturated carbocycles. The van der Waals surface area contributed by atoms with Gasteiger partial charge in [-0.25, -0.2) is 0 Å². The first-order valence-corrected chi connectivity index (χ1v) is 8.53. The maximum Gasteiger partial charge on any atom is 0.156 e. The Morgan fingerprint density at radius 3 is 2.77 bits per heavy atom. The van der Waals surface area contributed by atoms with Gasteiger partial charge in [-0.1, -0.05) is 37.6 Å². The van der Waals surface area contributed by atoms with E-state index >= 15 is 0 Å². The number of fused-ring (bicyclic) bond motifs is 5. The topological polar surface area (TPSA) is 34.1 Å². The minimum Gasteiger partial charge on any atom is -0.299 e. The molecule has 2 heteroatoms. The first kappa shape index (κ1) is 14.2. The Balaban J connectivity index is 1.83. The molecule has 0 bridgehead atoms. The van der Waals surface area contributed by atoms with E-state index in [2.05, 4.69) is 26.5 Å². The van der Waals surface area contributed by atoms with Crippen LogP contribution in [-0.4, -0.2) is 11.6 Å². The van der Waals surface area contributed by atoms with Crippen molar-refractivity contribution in [3.63, 3.8) is 0 Å². The van der Waals surface area contributed by atoms with Crippen LogP contribution < -0.4 is 0 Å². The average molecular weight is 296 g/mol. The lowest BCUT2D eigenvalue weighted by Crippen LogP contribution is -2.45. The molecule has 0 saturated heterocycles. The highest BCUT2D eigenvalue weighted by atomic mass is 16.1. The first-order chi connectivity index (χ1) is 10.4. The molecule has 4 aliphatic carbocycles. The molecule has 0 aromatic carbocycles. The molecule has 0 aromatic heterocycles. The highest BCUT2D eigenvalue weighted by Gasteiger charge is 2.56. The predicted molar refractivity (Wildman–Crippen MR) is 86.2 cm³/mol. The summed E-state index contributed by atoms with van der Waals surface area (Å²) >= 11 is 0. The van der Waals surface area contributed by atoms with Gasteiger partial charge in [0, 0.05) is 23.7 Å². The Bertz CT molecular complexity index is 665. The SMILES string of the molecule is C=C1C[C@@H]2C(=CC[C@]3(C)C(=O)CC[C@@H]23)[C@@]2(C)CCC(=O)C=C12. The second-order valence-electron chi connectivity index (χ2n) is 8.12. The highest BCUT2D eigenvalue weighted by Crippen LogP contribution is 2.62. The average Bonchev–Trinajstić information content (AvgIpc) is 2.77. The summed E-state index contributed by atoms with van der Waals surface area (Å²) < 4.78 is 0. The van der Waals surface area contributed by atoms with Crippen molar-refractivity contribution in [2.45, 2.75) is 52.4 Å².